The quantitative estimate of drug-likeness (QED) is 0.713. The Labute approximate surface area is 122 Å². The molecule has 0 aliphatic carbocycles. The Bertz CT molecular complexity index is 497. The van der Waals surface area contributed by atoms with Crippen molar-refractivity contribution < 1.29 is 14.3 Å². The summed E-state index contributed by atoms with van der Waals surface area (Å²) in [4.78, 5) is 26.4. The summed E-state index contributed by atoms with van der Waals surface area (Å²) in [6.07, 6.45) is 0.406. The van der Waals surface area contributed by atoms with Crippen molar-refractivity contribution in [1.82, 2.24) is 15.1 Å². The Morgan fingerprint density at radius 3 is 2.48 bits per heavy atom. The van der Waals surface area contributed by atoms with E-state index in [0.29, 0.717) is 13.0 Å². The molecule has 2 N–H and O–H groups in total. The van der Waals surface area contributed by atoms with Crippen molar-refractivity contribution in [3.8, 4) is 0 Å². The number of nitrogens with zero attached hydrogens (tertiary/aromatic N) is 4. The summed E-state index contributed by atoms with van der Waals surface area (Å²) >= 11 is 0. The number of carbonyl (C=O) groups excluding carboxylic acids is 2. The van der Waals surface area contributed by atoms with Crippen LogP contribution in [0.1, 0.15) is 16.9 Å². The number of amides is 1. The van der Waals surface area contributed by atoms with Gasteiger partial charge >= 0.3 is 5.97 Å². The fourth-order valence-corrected chi connectivity index (χ4v) is 2.18. The van der Waals surface area contributed by atoms with Gasteiger partial charge in [-0.3, -0.25) is 14.5 Å². The van der Waals surface area contributed by atoms with Crippen molar-refractivity contribution in [3.63, 3.8) is 0 Å². The maximum Gasteiger partial charge on any atom is 0.306 e. The average molecular weight is 293 g/mol. The van der Waals surface area contributed by atoms with E-state index in [4.69, 9.17) is 5.73 Å². The number of esters is 1. The second kappa shape index (κ2) is 6.98. The highest BCUT2D eigenvalue weighted by molar-refractivity contribution is 5.90. The summed E-state index contributed by atoms with van der Waals surface area (Å²) in [6, 6.07) is 3.32. The Kier molecular flexibility index (Phi) is 5.04. The molecule has 0 atom stereocenters. The van der Waals surface area contributed by atoms with Crippen LogP contribution in [-0.4, -0.2) is 66.8 Å². The zero-order valence-electron chi connectivity index (χ0n) is 12.0. The normalized spacial score (nSPS) is 15.8. The van der Waals surface area contributed by atoms with Gasteiger partial charge in [-0.15, -0.1) is 10.2 Å². The van der Waals surface area contributed by atoms with Gasteiger partial charge in [-0.25, -0.2) is 0 Å². The van der Waals surface area contributed by atoms with Gasteiger partial charge in [-0.2, -0.15) is 0 Å². The largest absolute Gasteiger partial charge is 0.469 e. The van der Waals surface area contributed by atoms with Gasteiger partial charge in [0.15, 0.2) is 11.5 Å². The number of primary amides is 1. The van der Waals surface area contributed by atoms with Gasteiger partial charge in [0.2, 0.25) is 0 Å². The van der Waals surface area contributed by atoms with Crippen LogP contribution in [0.2, 0.25) is 0 Å². The Morgan fingerprint density at radius 2 is 1.95 bits per heavy atom. The molecule has 0 bridgehead atoms. The van der Waals surface area contributed by atoms with Crippen molar-refractivity contribution >= 4 is 17.7 Å². The summed E-state index contributed by atoms with van der Waals surface area (Å²) in [7, 11) is 1.40. The number of methoxy groups -OCH3 is 1. The minimum atomic E-state index is -0.582. The first-order valence-corrected chi connectivity index (χ1v) is 6.78. The summed E-state index contributed by atoms with van der Waals surface area (Å²) < 4.78 is 4.63. The Balaban J connectivity index is 1.83. The van der Waals surface area contributed by atoms with Crippen molar-refractivity contribution in [2.75, 3.05) is 44.7 Å². The molecular weight excluding hydrogens is 274 g/mol. The van der Waals surface area contributed by atoms with E-state index in [9.17, 15) is 9.59 Å². The first-order chi connectivity index (χ1) is 10.1. The average Bonchev–Trinajstić information content (AvgIpc) is 2.53. The fourth-order valence-electron chi connectivity index (χ4n) is 2.18. The van der Waals surface area contributed by atoms with Gasteiger partial charge in [0.25, 0.3) is 5.91 Å². The first-order valence-electron chi connectivity index (χ1n) is 6.78. The van der Waals surface area contributed by atoms with E-state index >= 15 is 0 Å². The van der Waals surface area contributed by atoms with E-state index in [2.05, 4.69) is 24.7 Å². The van der Waals surface area contributed by atoms with Gasteiger partial charge in [0.1, 0.15) is 0 Å². The predicted molar refractivity (Wildman–Crippen MR) is 75.8 cm³/mol. The van der Waals surface area contributed by atoms with E-state index in [1.807, 2.05) is 0 Å². The van der Waals surface area contributed by atoms with Crippen LogP contribution < -0.4 is 10.6 Å². The lowest BCUT2D eigenvalue weighted by Gasteiger charge is -2.34. The van der Waals surface area contributed by atoms with Crippen LogP contribution in [-0.2, 0) is 9.53 Å². The lowest BCUT2D eigenvalue weighted by Crippen LogP contribution is -2.47. The molecule has 1 saturated heterocycles. The second-order valence-corrected chi connectivity index (χ2v) is 4.80. The van der Waals surface area contributed by atoms with Gasteiger partial charge in [0, 0.05) is 32.7 Å². The number of hydrogen-bond donors (Lipinski definition) is 1. The molecule has 1 fully saturated rings. The summed E-state index contributed by atoms with van der Waals surface area (Å²) in [5.41, 5.74) is 5.29. The Hall–Kier alpha value is -2.22. The molecule has 1 amide bonds. The van der Waals surface area contributed by atoms with E-state index in [1.54, 1.807) is 12.1 Å². The van der Waals surface area contributed by atoms with Gasteiger partial charge in [0.05, 0.1) is 13.5 Å². The standard InChI is InChI=1S/C13H19N5O3/c1-21-12(19)4-5-17-6-8-18(9-7-17)11-3-2-10(13(14)20)15-16-11/h2-3H,4-9H2,1H3,(H2,14,20). The fraction of sp³-hybridized carbons (Fsp3) is 0.538. The van der Waals surface area contributed by atoms with Crippen LogP contribution in [0.4, 0.5) is 5.82 Å². The van der Waals surface area contributed by atoms with Crippen LogP contribution in [0.5, 0.6) is 0 Å². The number of ether oxygens (including phenoxy) is 1. The SMILES string of the molecule is COC(=O)CCN1CCN(c2ccc(C(N)=O)nn2)CC1. The highest BCUT2D eigenvalue weighted by Gasteiger charge is 2.19. The highest BCUT2D eigenvalue weighted by Crippen LogP contribution is 2.12. The van der Waals surface area contributed by atoms with Gasteiger partial charge in [-0.1, -0.05) is 0 Å². The molecule has 8 heteroatoms. The molecule has 1 aromatic rings. The molecule has 1 aliphatic heterocycles. The molecule has 0 spiro atoms. The second-order valence-electron chi connectivity index (χ2n) is 4.80. The summed E-state index contributed by atoms with van der Waals surface area (Å²) in [5.74, 6) is -0.0420. The zero-order chi connectivity index (χ0) is 15.2. The third-order valence-electron chi connectivity index (χ3n) is 3.46. The summed E-state index contributed by atoms with van der Waals surface area (Å²) in [6.45, 7) is 3.98. The van der Waals surface area contributed by atoms with Crippen LogP contribution in [0.25, 0.3) is 0 Å². The van der Waals surface area contributed by atoms with Crippen LogP contribution in [0.3, 0.4) is 0 Å². The molecule has 0 aromatic carbocycles. The lowest BCUT2D eigenvalue weighted by atomic mass is 10.2. The number of nitrogens with two attached hydrogens (primary N) is 1. The monoisotopic (exact) mass is 293 g/mol. The number of piperazine rings is 1. The maximum atomic E-state index is 11.1. The van der Waals surface area contributed by atoms with Crippen molar-refractivity contribution in [3.05, 3.63) is 17.8 Å². The number of carbonyl (C=O) groups is 2. The molecule has 2 rings (SSSR count). The number of aromatic nitrogens is 2. The smallest absolute Gasteiger partial charge is 0.306 e. The van der Waals surface area contributed by atoms with E-state index in [1.165, 1.54) is 7.11 Å². The maximum absolute atomic E-state index is 11.1. The molecule has 1 aromatic heterocycles. The molecule has 8 nitrogen and oxygen atoms in total. The Morgan fingerprint density at radius 1 is 1.24 bits per heavy atom. The molecule has 114 valence electrons. The van der Waals surface area contributed by atoms with Crippen LogP contribution in [0.15, 0.2) is 12.1 Å². The number of rotatable bonds is 5. The van der Waals surface area contributed by atoms with Crippen molar-refractivity contribution in [1.29, 1.82) is 0 Å². The zero-order valence-corrected chi connectivity index (χ0v) is 12.0. The van der Waals surface area contributed by atoms with Gasteiger partial charge < -0.3 is 15.4 Å². The van der Waals surface area contributed by atoms with E-state index in [0.717, 1.165) is 32.0 Å². The minimum absolute atomic E-state index is 0.162. The molecule has 21 heavy (non-hydrogen) atoms. The molecule has 1 aliphatic rings. The van der Waals surface area contributed by atoms with E-state index in [-0.39, 0.29) is 11.7 Å². The van der Waals surface area contributed by atoms with E-state index < -0.39 is 5.91 Å². The third-order valence-corrected chi connectivity index (χ3v) is 3.46. The van der Waals surface area contributed by atoms with Crippen LogP contribution >= 0.6 is 0 Å². The molecule has 0 unspecified atom stereocenters. The number of hydrogen-bond acceptors (Lipinski definition) is 7. The first kappa shape index (κ1) is 15.2. The van der Waals surface area contributed by atoms with Crippen molar-refractivity contribution in [2.24, 2.45) is 5.73 Å². The molecular formula is C13H19N5O3. The van der Waals surface area contributed by atoms with Gasteiger partial charge in [-0.05, 0) is 12.1 Å². The topological polar surface area (TPSA) is 102 Å². The summed E-state index contributed by atoms with van der Waals surface area (Å²) in [5, 5.41) is 7.82. The molecule has 2 heterocycles. The highest BCUT2D eigenvalue weighted by atomic mass is 16.5. The molecule has 0 saturated carbocycles. The molecule has 0 radical (unpaired) electrons. The predicted octanol–water partition coefficient (Wildman–Crippen LogP) is -0.739. The number of anilines is 1. The van der Waals surface area contributed by atoms with Crippen molar-refractivity contribution in [2.45, 2.75) is 6.42 Å². The third kappa shape index (κ3) is 4.12. The lowest BCUT2D eigenvalue weighted by molar-refractivity contribution is -0.141. The van der Waals surface area contributed by atoms with Crippen LogP contribution in [0, 0.1) is 0 Å². The minimum Gasteiger partial charge on any atom is -0.469 e.